The molecule has 0 nitrogen and oxygen atoms in total. The molecule has 0 spiro atoms. The van der Waals surface area contributed by atoms with Crippen molar-refractivity contribution >= 4 is 23.1 Å². The van der Waals surface area contributed by atoms with Gasteiger partial charge in [-0.3, -0.25) is 0 Å². The molecule has 0 atom stereocenters. The van der Waals surface area contributed by atoms with Gasteiger partial charge in [0, 0.05) is 0 Å². The summed E-state index contributed by atoms with van der Waals surface area (Å²) in [5, 5.41) is 0. The molecule has 53 valence electrons. The standard InChI is InChI=1S/2C3H7.Cu.Mg.2H/c2*1-3-2;;;;/h2*3H,1-2H3;;;;. The Bertz CT molecular complexity index is 37.8. The Labute approximate surface area is 75.1 Å². The van der Waals surface area contributed by atoms with E-state index in [4.69, 9.17) is 0 Å². The smallest absolute Gasteiger partial charge is 0.316 e. The summed E-state index contributed by atoms with van der Waals surface area (Å²) in [5.74, 6) is 0. The summed E-state index contributed by atoms with van der Waals surface area (Å²) < 4.78 is 0. The van der Waals surface area contributed by atoms with E-state index >= 15 is 0 Å². The monoisotopic (exact) mass is 175 g/mol. The van der Waals surface area contributed by atoms with Gasteiger partial charge >= 0.3 is 75.3 Å². The fourth-order valence-corrected chi connectivity index (χ4v) is 1.66. The second-order valence-corrected chi connectivity index (χ2v) is 4.44. The Hall–Kier alpha value is 1.29. The van der Waals surface area contributed by atoms with Gasteiger partial charge in [0.15, 0.2) is 0 Å². The van der Waals surface area contributed by atoms with Crippen LogP contribution in [0.4, 0.5) is 0 Å². The zero-order chi connectivity index (χ0) is 5.86. The minimum absolute atomic E-state index is 0. The molecule has 0 amide bonds. The van der Waals surface area contributed by atoms with Gasteiger partial charge in [0.2, 0.25) is 0 Å². The first-order valence-electron chi connectivity index (χ1n) is 2.66. The minimum atomic E-state index is 0. The first-order valence-corrected chi connectivity index (χ1v) is 3.74. The van der Waals surface area contributed by atoms with Gasteiger partial charge in [0.25, 0.3) is 0 Å². The number of hydrogen-bond acceptors (Lipinski definition) is 0. The van der Waals surface area contributed by atoms with Crippen LogP contribution in [0.1, 0.15) is 27.7 Å². The molecule has 0 radical (unpaired) electrons. The van der Waals surface area contributed by atoms with Crippen LogP contribution in [0.2, 0.25) is 9.63 Å². The van der Waals surface area contributed by atoms with Crippen molar-refractivity contribution in [3.8, 4) is 0 Å². The van der Waals surface area contributed by atoms with Crippen LogP contribution in [-0.2, 0) is 15.0 Å². The van der Waals surface area contributed by atoms with Gasteiger partial charge < -0.3 is 0 Å². The molecule has 0 aromatic rings. The predicted molar refractivity (Wildman–Crippen MR) is 38.7 cm³/mol. The average molecular weight is 176 g/mol. The van der Waals surface area contributed by atoms with Gasteiger partial charge in [0.1, 0.15) is 0 Å². The summed E-state index contributed by atoms with van der Waals surface area (Å²) in [6.07, 6.45) is 0. The second-order valence-electron chi connectivity index (χ2n) is 1.95. The quantitative estimate of drug-likeness (QED) is 0.563. The third-order valence-electron chi connectivity index (χ3n) is 0.402. The van der Waals surface area contributed by atoms with E-state index in [1.54, 1.807) is 0 Å². The van der Waals surface area contributed by atoms with Crippen molar-refractivity contribution in [3.63, 3.8) is 0 Å². The molecule has 0 fully saturated rings. The maximum atomic E-state index is 2.22. The Morgan fingerprint density at radius 1 is 0.875 bits per heavy atom. The van der Waals surface area contributed by atoms with Crippen LogP contribution in [0.25, 0.3) is 0 Å². The molecule has 0 N–H and O–H groups in total. The Kier molecular flexibility index (Phi) is 9.62. The van der Waals surface area contributed by atoms with Crippen LogP contribution in [0.3, 0.4) is 0 Å². The average Bonchev–Trinajstić information content (AvgIpc) is 1.27. The van der Waals surface area contributed by atoms with Crippen molar-refractivity contribution in [3.05, 3.63) is 0 Å². The normalized spacial score (nSPS) is 10.2. The molecule has 0 rings (SSSR count). The third kappa shape index (κ3) is 10.3. The number of rotatable bonds is 2. The van der Waals surface area contributed by atoms with Crippen LogP contribution in [-0.4, -0.2) is 23.1 Å². The molecule has 0 aliphatic carbocycles. The third-order valence-corrected chi connectivity index (χ3v) is 1.66. The van der Waals surface area contributed by atoms with E-state index in [1.165, 1.54) is 0 Å². The first-order chi connectivity index (χ1) is 3.13. The van der Waals surface area contributed by atoms with E-state index in [0.717, 1.165) is 9.63 Å². The molecular formula is C6H16CuMg. The fraction of sp³-hybridized carbons (Fsp3) is 1.00. The van der Waals surface area contributed by atoms with Gasteiger partial charge in [-0.2, -0.15) is 0 Å². The van der Waals surface area contributed by atoms with Gasteiger partial charge in [-0.15, -0.1) is 0 Å². The topological polar surface area (TPSA) is 0 Å². The van der Waals surface area contributed by atoms with Crippen molar-refractivity contribution < 1.29 is 15.0 Å². The van der Waals surface area contributed by atoms with E-state index in [-0.39, 0.29) is 23.1 Å². The predicted octanol–water partition coefficient (Wildman–Crippen LogP) is 1.81. The molecule has 0 bridgehead atoms. The summed E-state index contributed by atoms with van der Waals surface area (Å²) in [7, 11) is 0. The minimum Gasteiger partial charge on any atom is 0.316 e. The fourth-order valence-electron chi connectivity index (χ4n) is 0.402. The van der Waals surface area contributed by atoms with Gasteiger partial charge in [-0.25, -0.2) is 0 Å². The molecule has 0 aromatic carbocycles. The second kappa shape index (κ2) is 6.41. The molecule has 0 unspecified atom stereocenters. The van der Waals surface area contributed by atoms with Gasteiger partial charge in [-0.1, -0.05) is 0 Å². The molecule has 0 heterocycles. The molecule has 8 heavy (non-hydrogen) atoms. The van der Waals surface area contributed by atoms with Crippen LogP contribution in [0.5, 0.6) is 0 Å². The van der Waals surface area contributed by atoms with E-state index in [0.29, 0.717) is 0 Å². The Morgan fingerprint density at radius 3 is 1.12 bits per heavy atom. The maximum Gasteiger partial charge on any atom is 0.316 e. The largest absolute Gasteiger partial charge is 0.316 e. The Balaban J connectivity index is 0. The molecule has 0 saturated carbocycles. The summed E-state index contributed by atoms with van der Waals surface area (Å²) in [5.41, 5.74) is 0. The summed E-state index contributed by atoms with van der Waals surface area (Å²) in [6, 6.07) is 0. The molecule has 2 heteroatoms. The molecule has 0 saturated heterocycles. The van der Waals surface area contributed by atoms with E-state index in [1.807, 2.05) is 0 Å². The molecule has 0 aromatic heterocycles. The Morgan fingerprint density at radius 2 is 1.12 bits per heavy atom. The van der Waals surface area contributed by atoms with Crippen LogP contribution in [0.15, 0.2) is 0 Å². The summed E-state index contributed by atoms with van der Waals surface area (Å²) >= 11 is 2.09. The van der Waals surface area contributed by atoms with Gasteiger partial charge in [0.05, 0.1) is 0 Å². The zero-order valence-electron chi connectivity index (χ0n) is 5.46. The van der Waals surface area contributed by atoms with Crippen LogP contribution >= 0.6 is 0 Å². The van der Waals surface area contributed by atoms with Crippen LogP contribution in [0, 0.1) is 0 Å². The zero-order valence-corrected chi connectivity index (χ0v) is 6.40. The molecule has 0 aliphatic rings. The maximum absolute atomic E-state index is 2.22. The van der Waals surface area contributed by atoms with E-state index in [2.05, 4.69) is 42.7 Å². The summed E-state index contributed by atoms with van der Waals surface area (Å²) in [6.45, 7) is 8.89. The van der Waals surface area contributed by atoms with Crippen molar-refractivity contribution in [1.82, 2.24) is 0 Å². The van der Waals surface area contributed by atoms with Crippen molar-refractivity contribution in [1.29, 1.82) is 0 Å². The van der Waals surface area contributed by atoms with Crippen molar-refractivity contribution in [2.45, 2.75) is 37.3 Å². The van der Waals surface area contributed by atoms with Crippen molar-refractivity contribution in [2.75, 3.05) is 0 Å². The van der Waals surface area contributed by atoms with E-state index in [9.17, 15) is 0 Å². The summed E-state index contributed by atoms with van der Waals surface area (Å²) in [4.78, 5) is 1.56. The van der Waals surface area contributed by atoms with Gasteiger partial charge in [-0.05, 0) is 0 Å². The van der Waals surface area contributed by atoms with Crippen LogP contribution < -0.4 is 0 Å². The first kappa shape index (κ1) is 12.0. The SMILES string of the molecule is C[CH](C)[Cu][CH](C)C.[MgH2]. The van der Waals surface area contributed by atoms with Crippen molar-refractivity contribution in [2.24, 2.45) is 0 Å². The number of hydrogen-bond donors (Lipinski definition) is 0. The van der Waals surface area contributed by atoms with E-state index < -0.39 is 0 Å². The molecule has 0 aliphatic heterocycles. The molecular weight excluding hydrogens is 160 g/mol.